The fourth-order valence-electron chi connectivity index (χ4n) is 1.08. The molecule has 0 atom stereocenters. The van der Waals surface area contributed by atoms with E-state index < -0.39 is 0 Å². The molecule has 1 rings (SSSR count). The van der Waals surface area contributed by atoms with Crippen molar-refractivity contribution in [3.63, 3.8) is 0 Å². The van der Waals surface area contributed by atoms with E-state index in [1.165, 1.54) is 0 Å². The number of hydrogen-bond acceptors (Lipinski definition) is 4. The van der Waals surface area contributed by atoms with E-state index in [-0.39, 0.29) is 13.2 Å². The second-order valence-electron chi connectivity index (χ2n) is 2.95. The topological polar surface area (TPSA) is 62.6 Å². The van der Waals surface area contributed by atoms with Crippen molar-refractivity contribution < 1.29 is 14.9 Å². The van der Waals surface area contributed by atoms with Crippen molar-refractivity contribution in [3.05, 3.63) is 23.5 Å². The van der Waals surface area contributed by atoms with Crippen LogP contribution in [0.25, 0.3) is 0 Å². The highest BCUT2D eigenvalue weighted by molar-refractivity contribution is 5.26. The van der Waals surface area contributed by atoms with Crippen molar-refractivity contribution >= 4 is 0 Å². The quantitative estimate of drug-likeness (QED) is 0.734. The molecule has 0 unspecified atom stereocenters. The third kappa shape index (κ3) is 2.97. The lowest BCUT2D eigenvalue weighted by atomic mass is 10.3. The molecule has 0 saturated heterocycles. The van der Waals surface area contributed by atoms with Crippen molar-refractivity contribution in [2.75, 3.05) is 6.61 Å². The van der Waals surface area contributed by atoms with Crippen molar-refractivity contribution in [2.45, 2.75) is 26.6 Å². The van der Waals surface area contributed by atoms with Gasteiger partial charge in [-0.05, 0) is 6.42 Å². The zero-order valence-corrected chi connectivity index (χ0v) is 8.23. The van der Waals surface area contributed by atoms with Crippen LogP contribution in [0, 0.1) is 0 Å². The normalized spacial score (nSPS) is 10.2. The number of aliphatic hydroxyl groups excluding tert-OH is 2. The van der Waals surface area contributed by atoms with Gasteiger partial charge in [0.25, 0.3) is 0 Å². The molecular weight excluding hydrogens is 182 g/mol. The molecule has 4 nitrogen and oxygen atoms in total. The first-order valence-corrected chi connectivity index (χ1v) is 4.64. The minimum absolute atomic E-state index is 0.143. The second kappa shape index (κ2) is 5.57. The summed E-state index contributed by atoms with van der Waals surface area (Å²) in [4.78, 5) is 4.00. The summed E-state index contributed by atoms with van der Waals surface area (Å²) < 4.78 is 5.38. The lowest BCUT2D eigenvalue weighted by molar-refractivity contribution is 0.261. The van der Waals surface area contributed by atoms with E-state index in [4.69, 9.17) is 14.9 Å². The summed E-state index contributed by atoms with van der Waals surface area (Å²) >= 11 is 0. The van der Waals surface area contributed by atoms with Gasteiger partial charge in [0.2, 0.25) is 0 Å². The molecule has 4 heteroatoms. The molecule has 0 aliphatic carbocycles. The highest BCUT2D eigenvalue weighted by Crippen LogP contribution is 2.14. The average Bonchev–Trinajstić information content (AvgIpc) is 2.25. The number of rotatable bonds is 5. The van der Waals surface area contributed by atoms with E-state index in [0.717, 1.165) is 6.42 Å². The Morgan fingerprint density at radius 1 is 1.21 bits per heavy atom. The number of nitrogens with zero attached hydrogens (tertiary/aromatic N) is 1. The highest BCUT2D eigenvalue weighted by Gasteiger charge is 2.02. The second-order valence-corrected chi connectivity index (χ2v) is 2.95. The number of hydrogen-bond donors (Lipinski definition) is 2. The molecule has 2 N–H and O–H groups in total. The number of aliphatic hydroxyl groups is 2. The van der Waals surface area contributed by atoms with Crippen LogP contribution < -0.4 is 4.74 Å². The van der Waals surface area contributed by atoms with Gasteiger partial charge < -0.3 is 14.9 Å². The van der Waals surface area contributed by atoms with Gasteiger partial charge in [-0.15, -0.1) is 0 Å². The first-order valence-electron chi connectivity index (χ1n) is 4.64. The first kappa shape index (κ1) is 10.9. The summed E-state index contributed by atoms with van der Waals surface area (Å²) in [5.41, 5.74) is 1.03. The molecule has 0 aliphatic rings. The van der Waals surface area contributed by atoms with Gasteiger partial charge in [-0.3, -0.25) is 4.98 Å². The third-order valence-electron chi connectivity index (χ3n) is 1.70. The predicted molar refractivity (Wildman–Crippen MR) is 51.9 cm³/mol. The fourth-order valence-corrected chi connectivity index (χ4v) is 1.08. The Balaban J connectivity index is 2.81. The minimum atomic E-state index is -0.143. The molecule has 0 spiro atoms. The largest absolute Gasteiger partial charge is 0.493 e. The van der Waals surface area contributed by atoms with Crippen LogP contribution in [-0.2, 0) is 13.2 Å². The highest BCUT2D eigenvalue weighted by atomic mass is 16.5. The number of aromatic nitrogens is 1. The van der Waals surface area contributed by atoms with Gasteiger partial charge in [0.1, 0.15) is 5.75 Å². The molecule has 1 aromatic heterocycles. The molecule has 1 aromatic rings. The zero-order valence-electron chi connectivity index (χ0n) is 8.23. The minimum Gasteiger partial charge on any atom is -0.493 e. The van der Waals surface area contributed by atoms with E-state index in [9.17, 15) is 0 Å². The van der Waals surface area contributed by atoms with Gasteiger partial charge in [0.15, 0.2) is 0 Å². The van der Waals surface area contributed by atoms with E-state index in [2.05, 4.69) is 4.98 Å². The predicted octanol–water partition coefficient (Wildman–Crippen LogP) is 0.855. The Hall–Kier alpha value is -1.13. The zero-order chi connectivity index (χ0) is 10.4. The monoisotopic (exact) mass is 197 g/mol. The van der Waals surface area contributed by atoms with Gasteiger partial charge in [-0.25, -0.2) is 0 Å². The van der Waals surface area contributed by atoms with Gasteiger partial charge in [0.05, 0.1) is 31.2 Å². The Labute approximate surface area is 83.2 Å². The Morgan fingerprint density at radius 3 is 2.21 bits per heavy atom. The standard InChI is InChI=1S/C10H15NO3/c1-2-3-14-10-4-8(6-12)11-9(5-10)7-13/h4-5,12-13H,2-3,6-7H2,1H3. The van der Waals surface area contributed by atoms with Crippen LogP contribution in [0.2, 0.25) is 0 Å². The molecule has 0 aromatic carbocycles. The van der Waals surface area contributed by atoms with Crippen LogP contribution in [0.3, 0.4) is 0 Å². The summed E-state index contributed by atoms with van der Waals surface area (Å²) in [6, 6.07) is 3.35. The lowest BCUT2D eigenvalue weighted by Gasteiger charge is -2.07. The van der Waals surface area contributed by atoms with Crippen LogP contribution in [0.15, 0.2) is 12.1 Å². The SMILES string of the molecule is CCCOc1cc(CO)nc(CO)c1. The van der Waals surface area contributed by atoms with Gasteiger partial charge >= 0.3 is 0 Å². The smallest absolute Gasteiger partial charge is 0.123 e. The van der Waals surface area contributed by atoms with Crippen molar-refractivity contribution in [1.29, 1.82) is 0 Å². The number of pyridine rings is 1. The molecule has 0 saturated carbocycles. The fraction of sp³-hybridized carbons (Fsp3) is 0.500. The van der Waals surface area contributed by atoms with Crippen molar-refractivity contribution in [3.8, 4) is 5.75 Å². The van der Waals surface area contributed by atoms with E-state index in [0.29, 0.717) is 23.7 Å². The van der Waals surface area contributed by atoms with Crippen LogP contribution >= 0.6 is 0 Å². The summed E-state index contributed by atoms with van der Waals surface area (Å²) in [7, 11) is 0. The van der Waals surface area contributed by atoms with E-state index in [1.54, 1.807) is 12.1 Å². The lowest BCUT2D eigenvalue weighted by Crippen LogP contribution is -2.00. The van der Waals surface area contributed by atoms with Gasteiger partial charge in [-0.2, -0.15) is 0 Å². The average molecular weight is 197 g/mol. The van der Waals surface area contributed by atoms with Crippen LogP contribution in [-0.4, -0.2) is 21.8 Å². The molecule has 0 radical (unpaired) electrons. The molecule has 0 bridgehead atoms. The Bertz CT molecular complexity index is 266. The summed E-state index contributed by atoms with van der Waals surface area (Å²) in [5, 5.41) is 17.8. The van der Waals surface area contributed by atoms with E-state index >= 15 is 0 Å². The summed E-state index contributed by atoms with van der Waals surface area (Å²) in [5.74, 6) is 0.648. The molecule has 78 valence electrons. The van der Waals surface area contributed by atoms with Crippen LogP contribution in [0.1, 0.15) is 24.7 Å². The van der Waals surface area contributed by atoms with E-state index in [1.807, 2.05) is 6.92 Å². The summed E-state index contributed by atoms with van der Waals surface area (Å²) in [6.07, 6.45) is 0.922. The molecule has 0 aliphatic heterocycles. The summed E-state index contributed by atoms with van der Waals surface area (Å²) in [6.45, 7) is 2.35. The van der Waals surface area contributed by atoms with Crippen molar-refractivity contribution in [2.24, 2.45) is 0 Å². The first-order chi connectivity index (χ1) is 6.80. The maximum absolute atomic E-state index is 8.91. The van der Waals surface area contributed by atoms with Gasteiger partial charge in [-0.1, -0.05) is 6.92 Å². The Kier molecular flexibility index (Phi) is 4.35. The molecule has 14 heavy (non-hydrogen) atoms. The molecule has 0 fully saturated rings. The maximum Gasteiger partial charge on any atom is 0.123 e. The third-order valence-corrected chi connectivity index (χ3v) is 1.70. The maximum atomic E-state index is 8.91. The van der Waals surface area contributed by atoms with Crippen molar-refractivity contribution in [1.82, 2.24) is 4.98 Å². The molecule has 0 amide bonds. The van der Waals surface area contributed by atoms with Crippen LogP contribution in [0.4, 0.5) is 0 Å². The molecular formula is C10H15NO3. The Morgan fingerprint density at radius 2 is 1.79 bits per heavy atom. The van der Waals surface area contributed by atoms with Crippen LogP contribution in [0.5, 0.6) is 5.75 Å². The molecule has 1 heterocycles. The van der Waals surface area contributed by atoms with Gasteiger partial charge in [0, 0.05) is 12.1 Å². The number of ether oxygens (including phenoxy) is 1.